The second-order valence-electron chi connectivity index (χ2n) is 6.31. The number of nitrogens with one attached hydrogen (secondary N) is 3. The molecule has 1 aliphatic rings. The summed E-state index contributed by atoms with van der Waals surface area (Å²) in [5.41, 5.74) is 0. The Morgan fingerprint density at radius 3 is 2.89 bits per heavy atom. The van der Waals surface area contributed by atoms with Crippen LogP contribution in [0.3, 0.4) is 0 Å². The highest BCUT2D eigenvalue weighted by atomic mass is 32.1. The van der Waals surface area contributed by atoms with Gasteiger partial charge in [-0.05, 0) is 42.9 Å². The van der Waals surface area contributed by atoms with Crippen LogP contribution in [0.1, 0.15) is 25.7 Å². The van der Waals surface area contributed by atoms with Crippen LogP contribution in [-0.2, 0) is 11.3 Å². The van der Waals surface area contributed by atoms with Crippen molar-refractivity contribution in [2.24, 2.45) is 0 Å². The highest BCUT2D eigenvalue weighted by Crippen LogP contribution is 2.23. The van der Waals surface area contributed by atoms with E-state index in [1.165, 1.54) is 6.42 Å². The molecule has 27 heavy (non-hydrogen) atoms. The van der Waals surface area contributed by atoms with Crippen molar-refractivity contribution in [3.8, 4) is 10.7 Å². The van der Waals surface area contributed by atoms with Gasteiger partial charge in [0, 0.05) is 26.1 Å². The Hall–Kier alpha value is -2.53. The van der Waals surface area contributed by atoms with Crippen LogP contribution >= 0.6 is 23.6 Å². The molecule has 0 radical (unpaired) electrons. The number of amides is 1. The van der Waals surface area contributed by atoms with Crippen LogP contribution < -0.4 is 10.2 Å². The molecule has 0 saturated carbocycles. The topological polar surface area (TPSA) is 108 Å². The zero-order valence-electron chi connectivity index (χ0n) is 14.6. The minimum absolute atomic E-state index is 0.156. The van der Waals surface area contributed by atoms with E-state index in [4.69, 9.17) is 12.2 Å². The Morgan fingerprint density at radius 2 is 2.11 bits per heavy atom. The second-order valence-corrected chi connectivity index (χ2v) is 7.65. The van der Waals surface area contributed by atoms with Crippen molar-refractivity contribution in [2.75, 3.05) is 23.3 Å². The molecule has 4 rings (SSSR count). The number of hydrogen-bond acceptors (Lipinski definition) is 7. The average Bonchev–Trinajstić information content (AvgIpc) is 3.42. The van der Waals surface area contributed by atoms with Gasteiger partial charge in [-0.25, -0.2) is 5.10 Å². The van der Waals surface area contributed by atoms with E-state index in [1.807, 2.05) is 22.1 Å². The molecule has 0 bridgehead atoms. The van der Waals surface area contributed by atoms with E-state index in [1.54, 1.807) is 11.3 Å². The Balaban J connectivity index is 1.36. The number of aromatic nitrogens is 6. The van der Waals surface area contributed by atoms with Crippen molar-refractivity contribution >= 4 is 41.4 Å². The maximum atomic E-state index is 12.3. The lowest BCUT2D eigenvalue weighted by molar-refractivity contribution is -0.116. The van der Waals surface area contributed by atoms with Crippen molar-refractivity contribution in [3.05, 3.63) is 22.3 Å². The molecule has 11 heteroatoms. The summed E-state index contributed by atoms with van der Waals surface area (Å²) in [6.07, 6.45) is 3.79. The van der Waals surface area contributed by atoms with Crippen LogP contribution in [0.25, 0.3) is 10.7 Å². The summed E-state index contributed by atoms with van der Waals surface area (Å²) < 4.78 is 2.33. The number of H-pyrrole nitrogens is 2. The molecule has 0 aromatic carbocycles. The van der Waals surface area contributed by atoms with E-state index < -0.39 is 0 Å². The summed E-state index contributed by atoms with van der Waals surface area (Å²) in [6, 6.07) is 3.93. The first-order chi connectivity index (χ1) is 13.2. The van der Waals surface area contributed by atoms with Crippen LogP contribution in [-0.4, -0.2) is 48.9 Å². The standard InChI is InChI=1S/C16H20N8OS2/c25-12(17-14-18-15(21-20-14)23-7-2-1-3-8-23)6-9-24-13(19-22-16(24)26)11-5-4-10-27-11/h4-5,10H,1-3,6-9H2,(H,22,26)(H2,17,18,20,21,25). The Bertz CT molecular complexity index is 951. The molecular formula is C16H20N8OS2. The number of thiophene rings is 1. The summed E-state index contributed by atoms with van der Waals surface area (Å²) in [5.74, 6) is 1.60. The predicted octanol–water partition coefficient (Wildman–Crippen LogP) is 2.81. The molecule has 1 fully saturated rings. The van der Waals surface area contributed by atoms with Crippen LogP contribution in [0.2, 0.25) is 0 Å². The van der Waals surface area contributed by atoms with Gasteiger partial charge in [0.25, 0.3) is 0 Å². The van der Waals surface area contributed by atoms with Crippen molar-refractivity contribution in [1.82, 2.24) is 29.9 Å². The normalized spacial score (nSPS) is 14.4. The number of anilines is 2. The number of carbonyl (C=O) groups is 1. The van der Waals surface area contributed by atoms with Crippen molar-refractivity contribution in [1.29, 1.82) is 0 Å². The van der Waals surface area contributed by atoms with E-state index in [0.29, 0.717) is 23.2 Å². The van der Waals surface area contributed by atoms with Crippen LogP contribution in [0.15, 0.2) is 17.5 Å². The summed E-state index contributed by atoms with van der Waals surface area (Å²) in [4.78, 5) is 19.8. The fraction of sp³-hybridized carbons (Fsp3) is 0.438. The molecule has 0 aliphatic carbocycles. The van der Waals surface area contributed by atoms with Gasteiger partial charge in [-0.3, -0.25) is 19.8 Å². The molecule has 3 N–H and O–H groups in total. The van der Waals surface area contributed by atoms with Crippen LogP contribution in [0.4, 0.5) is 11.9 Å². The lowest BCUT2D eigenvalue weighted by Crippen LogP contribution is -2.30. The molecule has 0 spiro atoms. The van der Waals surface area contributed by atoms with Gasteiger partial charge in [0.15, 0.2) is 10.6 Å². The molecule has 1 amide bonds. The maximum absolute atomic E-state index is 12.3. The van der Waals surface area contributed by atoms with E-state index in [2.05, 4.69) is 35.6 Å². The molecule has 142 valence electrons. The first kappa shape index (κ1) is 17.9. The van der Waals surface area contributed by atoms with Gasteiger partial charge in [0.2, 0.25) is 17.8 Å². The largest absolute Gasteiger partial charge is 0.340 e. The minimum atomic E-state index is -0.156. The van der Waals surface area contributed by atoms with Gasteiger partial charge in [-0.1, -0.05) is 6.07 Å². The molecule has 3 aromatic heterocycles. The Labute approximate surface area is 164 Å². The summed E-state index contributed by atoms with van der Waals surface area (Å²) in [6.45, 7) is 2.34. The number of carbonyl (C=O) groups excluding carboxylic acids is 1. The molecule has 1 saturated heterocycles. The van der Waals surface area contributed by atoms with E-state index in [-0.39, 0.29) is 12.3 Å². The highest BCUT2D eigenvalue weighted by Gasteiger charge is 2.16. The summed E-state index contributed by atoms with van der Waals surface area (Å²) in [7, 11) is 0. The number of nitrogens with zero attached hydrogens (tertiary/aromatic N) is 5. The van der Waals surface area contributed by atoms with Crippen LogP contribution in [0.5, 0.6) is 0 Å². The number of piperidine rings is 1. The van der Waals surface area contributed by atoms with E-state index in [0.717, 1.165) is 36.6 Å². The smallest absolute Gasteiger partial charge is 0.246 e. The van der Waals surface area contributed by atoms with Gasteiger partial charge in [-0.15, -0.1) is 16.4 Å². The third-order valence-electron chi connectivity index (χ3n) is 4.43. The summed E-state index contributed by atoms with van der Waals surface area (Å²) in [5, 5.41) is 18.8. The monoisotopic (exact) mass is 404 g/mol. The second kappa shape index (κ2) is 8.01. The fourth-order valence-electron chi connectivity index (χ4n) is 3.07. The Morgan fingerprint density at radius 1 is 1.26 bits per heavy atom. The van der Waals surface area contributed by atoms with Gasteiger partial charge >= 0.3 is 0 Å². The molecule has 4 heterocycles. The lowest BCUT2D eigenvalue weighted by atomic mass is 10.1. The average molecular weight is 405 g/mol. The fourth-order valence-corrected chi connectivity index (χ4v) is 4.02. The molecular weight excluding hydrogens is 384 g/mol. The highest BCUT2D eigenvalue weighted by molar-refractivity contribution is 7.71. The lowest BCUT2D eigenvalue weighted by Gasteiger charge is -2.24. The van der Waals surface area contributed by atoms with Gasteiger partial charge in [0.1, 0.15) is 0 Å². The third kappa shape index (κ3) is 4.08. The first-order valence-electron chi connectivity index (χ1n) is 8.87. The molecule has 9 nitrogen and oxygen atoms in total. The summed E-state index contributed by atoms with van der Waals surface area (Å²) >= 11 is 6.87. The van der Waals surface area contributed by atoms with Gasteiger partial charge in [0.05, 0.1) is 4.88 Å². The quantitative estimate of drug-likeness (QED) is 0.545. The molecule has 3 aromatic rings. The van der Waals surface area contributed by atoms with E-state index in [9.17, 15) is 4.79 Å². The number of aromatic amines is 2. The van der Waals surface area contributed by atoms with Crippen LogP contribution in [0, 0.1) is 4.77 Å². The SMILES string of the molecule is O=C(CCn1c(-c2cccs2)n[nH]c1=S)Nc1nc(N2CCCCC2)n[nH]1. The predicted molar refractivity (Wildman–Crippen MR) is 106 cm³/mol. The zero-order chi connectivity index (χ0) is 18.6. The van der Waals surface area contributed by atoms with Gasteiger partial charge in [-0.2, -0.15) is 10.1 Å². The Kier molecular flexibility index (Phi) is 5.30. The van der Waals surface area contributed by atoms with E-state index >= 15 is 0 Å². The number of rotatable bonds is 6. The maximum Gasteiger partial charge on any atom is 0.246 e. The number of hydrogen-bond donors (Lipinski definition) is 3. The van der Waals surface area contributed by atoms with Crippen molar-refractivity contribution < 1.29 is 4.79 Å². The molecule has 0 atom stereocenters. The van der Waals surface area contributed by atoms with Gasteiger partial charge < -0.3 is 4.90 Å². The molecule has 0 unspecified atom stereocenters. The van der Waals surface area contributed by atoms with Crippen molar-refractivity contribution in [3.63, 3.8) is 0 Å². The zero-order valence-corrected chi connectivity index (χ0v) is 16.3. The third-order valence-corrected chi connectivity index (χ3v) is 5.61. The molecule has 1 aliphatic heterocycles. The minimum Gasteiger partial charge on any atom is -0.340 e. The van der Waals surface area contributed by atoms with Crippen molar-refractivity contribution in [2.45, 2.75) is 32.2 Å². The first-order valence-corrected chi connectivity index (χ1v) is 10.2.